The van der Waals surface area contributed by atoms with E-state index in [2.05, 4.69) is 10.1 Å². The van der Waals surface area contributed by atoms with Gasteiger partial charge in [0.1, 0.15) is 5.75 Å². The standard InChI is InChI=1S/C23H19ClF3N3O4/c1-3-33-20(31)8-9-30-12-17(24)15-10-13(4-6-18(15)30)21-28-22(34-29-21)14-5-7-19(32-2)16(11-14)23(25,26)27/h4-7,10-12H,3,8-9H2,1-2H3. The topological polar surface area (TPSA) is 79.4 Å². The first-order valence-electron chi connectivity index (χ1n) is 10.2. The largest absolute Gasteiger partial charge is 0.496 e. The van der Waals surface area contributed by atoms with Crippen LogP contribution in [0.4, 0.5) is 13.2 Å². The molecule has 11 heteroatoms. The number of alkyl halides is 3. The molecule has 0 fully saturated rings. The van der Waals surface area contributed by atoms with Crippen LogP contribution in [-0.2, 0) is 22.3 Å². The number of ether oxygens (including phenoxy) is 2. The van der Waals surface area contributed by atoms with E-state index < -0.39 is 11.7 Å². The second-order valence-electron chi connectivity index (χ2n) is 7.29. The smallest absolute Gasteiger partial charge is 0.419 e. The van der Waals surface area contributed by atoms with Crippen LogP contribution in [0.5, 0.6) is 5.75 Å². The summed E-state index contributed by atoms with van der Waals surface area (Å²) in [6.45, 7) is 2.46. The summed E-state index contributed by atoms with van der Waals surface area (Å²) in [5.74, 6) is -0.481. The quantitative estimate of drug-likeness (QED) is 0.294. The Balaban J connectivity index is 1.63. The summed E-state index contributed by atoms with van der Waals surface area (Å²) in [5.41, 5.74) is 0.532. The second kappa shape index (κ2) is 9.38. The summed E-state index contributed by atoms with van der Waals surface area (Å²) in [6.07, 6.45) is -2.69. The summed E-state index contributed by atoms with van der Waals surface area (Å²) in [6, 6.07) is 8.81. The van der Waals surface area contributed by atoms with Gasteiger partial charge in [0.25, 0.3) is 5.89 Å². The Hall–Kier alpha value is -3.53. The van der Waals surface area contributed by atoms with Gasteiger partial charge in [-0.05, 0) is 43.3 Å². The van der Waals surface area contributed by atoms with E-state index in [1.165, 1.54) is 19.2 Å². The lowest BCUT2D eigenvalue weighted by atomic mass is 10.1. The van der Waals surface area contributed by atoms with Gasteiger partial charge in [0.15, 0.2) is 0 Å². The van der Waals surface area contributed by atoms with Crippen molar-refractivity contribution >= 4 is 28.5 Å². The third-order valence-electron chi connectivity index (χ3n) is 5.13. The van der Waals surface area contributed by atoms with Crippen molar-refractivity contribution in [3.05, 3.63) is 53.2 Å². The minimum absolute atomic E-state index is 0.0682. The minimum Gasteiger partial charge on any atom is -0.496 e. The van der Waals surface area contributed by atoms with E-state index in [0.717, 1.165) is 11.6 Å². The van der Waals surface area contributed by atoms with Gasteiger partial charge in [-0.15, -0.1) is 0 Å². The summed E-state index contributed by atoms with van der Waals surface area (Å²) in [5, 5.41) is 5.08. The number of nitrogens with zero attached hydrogens (tertiary/aromatic N) is 3. The maximum atomic E-state index is 13.3. The van der Waals surface area contributed by atoms with Crippen molar-refractivity contribution in [1.82, 2.24) is 14.7 Å². The Kier molecular flexibility index (Phi) is 6.52. The van der Waals surface area contributed by atoms with Crippen molar-refractivity contribution in [2.24, 2.45) is 0 Å². The van der Waals surface area contributed by atoms with Gasteiger partial charge in [-0.2, -0.15) is 18.2 Å². The van der Waals surface area contributed by atoms with Gasteiger partial charge in [-0.3, -0.25) is 4.79 Å². The Morgan fingerprint density at radius 2 is 1.94 bits per heavy atom. The highest BCUT2D eigenvalue weighted by molar-refractivity contribution is 6.35. The number of hydrogen-bond donors (Lipinski definition) is 0. The molecule has 34 heavy (non-hydrogen) atoms. The van der Waals surface area contributed by atoms with Crippen molar-refractivity contribution in [1.29, 1.82) is 0 Å². The van der Waals surface area contributed by atoms with Crippen LogP contribution in [0.1, 0.15) is 18.9 Å². The molecule has 0 bridgehead atoms. The van der Waals surface area contributed by atoms with Gasteiger partial charge < -0.3 is 18.6 Å². The minimum atomic E-state index is -4.60. The number of halogens is 4. The average molecular weight is 494 g/mol. The zero-order chi connectivity index (χ0) is 24.5. The highest BCUT2D eigenvalue weighted by Gasteiger charge is 2.35. The Bertz CT molecular complexity index is 1350. The number of rotatable bonds is 7. The Morgan fingerprint density at radius 1 is 1.18 bits per heavy atom. The van der Waals surface area contributed by atoms with E-state index in [-0.39, 0.29) is 35.4 Å². The monoisotopic (exact) mass is 493 g/mol. The molecule has 2 aromatic carbocycles. The van der Waals surface area contributed by atoms with E-state index in [0.29, 0.717) is 29.1 Å². The molecule has 4 rings (SSSR count). The number of esters is 1. The number of carbonyl (C=O) groups is 1. The molecule has 178 valence electrons. The predicted molar refractivity (Wildman–Crippen MR) is 118 cm³/mol. The van der Waals surface area contributed by atoms with E-state index in [1.807, 2.05) is 4.57 Å². The molecule has 2 aromatic heterocycles. The molecule has 0 aliphatic rings. The molecule has 7 nitrogen and oxygen atoms in total. The normalized spacial score (nSPS) is 11.7. The van der Waals surface area contributed by atoms with Gasteiger partial charge in [-0.1, -0.05) is 16.8 Å². The van der Waals surface area contributed by atoms with Crippen LogP contribution in [0.25, 0.3) is 33.7 Å². The highest BCUT2D eigenvalue weighted by atomic mass is 35.5. The molecule has 0 atom stereocenters. The first kappa shape index (κ1) is 23.6. The molecular weight excluding hydrogens is 475 g/mol. The fraction of sp³-hybridized carbons (Fsp3) is 0.261. The van der Waals surface area contributed by atoms with E-state index in [4.69, 9.17) is 25.6 Å². The maximum absolute atomic E-state index is 13.3. The number of methoxy groups -OCH3 is 1. The molecule has 0 aliphatic carbocycles. The lowest BCUT2D eigenvalue weighted by Crippen LogP contribution is -2.08. The molecule has 0 saturated carbocycles. The second-order valence-corrected chi connectivity index (χ2v) is 7.70. The summed E-state index contributed by atoms with van der Waals surface area (Å²) in [4.78, 5) is 15.9. The summed E-state index contributed by atoms with van der Waals surface area (Å²) >= 11 is 6.38. The zero-order valence-corrected chi connectivity index (χ0v) is 18.9. The first-order valence-corrected chi connectivity index (χ1v) is 10.6. The third-order valence-corrected chi connectivity index (χ3v) is 5.43. The van der Waals surface area contributed by atoms with Crippen molar-refractivity contribution < 1.29 is 32.0 Å². The Morgan fingerprint density at radius 3 is 2.65 bits per heavy atom. The predicted octanol–water partition coefficient (Wildman–Crippen LogP) is 5.99. The molecule has 0 N–H and O–H groups in total. The van der Waals surface area contributed by atoms with Crippen molar-refractivity contribution in [3.8, 4) is 28.6 Å². The number of carbonyl (C=O) groups excluding carboxylic acids is 1. The van der Waals surface area contributed by atoms with Crippen LogP contribution in [-0.4, -0.2) is 34.4 Å². The molecule has 0 unspecified atom stereocenters. The maximum Gasteiger partial charge on any atom is 0.419 e. The van der Waals surface area contributed by atoms with Gasteiger partial charge in [-0.25, -0.2) is 0 Å². The van der Waals surface area contributed by atoms with Crippen LogP contribution in [0.2, 0.25) is 5.02 Å². The number of aromatic nitrogens is 3. The average Bonchev–Trinajstić information content (AvgIpc) is 3.42. The summed E-state index contributed by atoms with van der Waals surface area (Å²) in [7, 11) is 1.17. The lowest BCUT2D eigenvalue weighted by Gasteiger charge is -2.12. The van der Waals surface area contributed by atoms with Gasteiger partial charge in [0.05, 0.1) is 30.7 Å². The molecule has 0 spiro atoms. The van der Waals surface area contributed by atoms with Crippen molar-refractivity contribution in [2.75, 3.05) is 13.7 Å². The van der Waals surface area contributed by atoms with Crippen LogP contribution in [0.15, 0.2) is 47.1 Å². The number of fused-ring (bicyclic) bond motifs is 1. The third kappa shape index (κ3) is 4.72. The van der Waals surface area contributed by atoms with Gasteiger partial charge in [0.2, 0.25) is 5.82 Å². The van der Waals surface area contributed by atoms with Crippen molar-refractivity contribution in [2.45, 2.75) is 26.1 Å². The number of benzene rings is 2. The molecule has 0 amide bonds. The van der Waals surface area contributed by atoms with Gasteiger partial charge >= 0.3 is 12.1 Å². The molecule has 2 heterocycles. The fourth-order valence-electron chi connectivity index (χ4n) is 3.54. The molecule has 0 saturated heterocycles. The van der Waals surface area contributed by atoms with Crippen LogP contribution in [0, 0.1) is 0 Å². The Labute approximate surface area is 197 Å². The van der Waals surface area contributed by atoms with Crippen LogP contribution >= 0.6 is 11.6 Å². The molecular formula is C23H19ClF3N3O4. The molecule has 4 aromatic rings. The molecule has 0 aliphatic heterocycles. The van der Waals surface area contributed by atoms with Crippen molar-refractivity contribution in [3.63, 3.8) is 0 Å². The van der Waals surface area contributed by atoms with E-state index >= 15 is 0 Å². The summed E-state index contributed by atoms with van der Waals surface area (Å²) < 4.78 is 56.8. The number of hydrogen-bond acceptors (Lipinski definition) is 6. The zero-order valence-electron chi connectivity index (χ0n) is 18.1. The molecule has 0 radical (unpaired) electrons. The van der Waals surface area contributed by atoms with E-state index in [9.17, 15) is 18.0 Å². The SMILES string of the molecule is CCOC(=O)CCn1cc(Cl)c2cc(-c3noc(-c4ccc(OC)c(C(F)(F)F)c4)n3)ccc21. The highest BCUT2D eigenvalue weighted by Crippen LogP contribution is 2.39. The first-order chi connectivity index (χ1) is 16.2. The lowest BCUT2D eigenvalue weighted by molar-refractivity contribution is -0.143. The van der Waals surface area contributed by atoms with Crippen LogP contribution in [0.3, 0.4) is 0 Å². The number of aryl methyl sites for hydroxylation is 1. The fourth-order valence-corrected chi connectivity index (χ4v) is 3.81. The van der Waals surface area contributed by atoms with Crippen LogP contribution < -0.4 is 4.74 Å². The van der Waals surface area contributed by atoms with Gasteiger partial charge in [0, 0.05) is 34.8 Å². The van der Waals surface area contributed by atoms with E-state index in [1.54, 1.807) is 31.3 Å².